The summed E-state index contributed by atoms with van der Waals surface area (Å²) in [5, 5.41) is 0. The Morgan fingerprint density at radius 1 is 1.62 bits per heavy atom. The minimum absolute atomic E-state index is 0.0216. The monoisotopic (exact) mass is 132 g/mol. The van der Waals surface area contributed by atoms with E-state index in [1.54, 1.807) is 0 Å². The SMILES string of the molecule is CC(C)=CC(=O)CCl. The van der Waals surface area contributed by atoms with Gasteiger partial charge in [-0.3, -0.25) is 4.79 Å². The van der Waals surface area contributed by atoms with Gasteiger partial charge in [0.15, 0.2) is 5.78 Å². The lowest BCUT2D eigenvalue weighted by Crippen LogP contribution is -1.92. The number of halogens is 1. The van der Waals surface area contributed by atoms with Crippen molar-refractivity contribution in [3.8, 4) is 0 Å². The Morgan fingerprint density at radius 2 is 2.12 bits per heavy atom. The Morgan fingerprint density at radius 3 is 2.25 bits per heavy atom. The van der Waals surface area contributed by atoms with Crippen LogP contribution in [-0.2, 0) is 4.79 Å². The van der Waals surface area contributed by atoms with Gasteiger partial charge in [-0.05, 0) is 19.9 Å². The molecule has 0 fully saturated rings. The van der Waals surface area contributed by atoms with Crippen molar-refractivity contribution in [1.82, 2.24) is 0 Å². The minimum atomic E-state index is -0.0216. The number of hydrogen-bond donors (Lipinski definition) is 0. The van der Waals surface area contributed by atoms with Crippen LogP contribution in [0.4, 0.5) is 0 Å². The molecular formula is C6H9ClO. The molecule has 46 valence electrons. The zero-order chi connectivity index (χ0) is 6.57. The zero-order valence-electron chi connectivity index (χ0n) is 5.07. The van der Waals surface area contributed by atoms with E-state index in [1.807, 2.05) is 13.8 Å². The van der Waals surface area contributed by atoms with Gasteiger partial charge in [0, 0.05) is 0 Å². The number of allylic oxidation sites excluding steroid dienone is 2. The van der Waals surface area contributed by atoms with Crippen LogP contribution in [0.5, 0.6) is 0 Å². The summed E-state index contributed by atoms with van der Waals surface area (Å²) >= 11 is 5.20. The Hall–Kier alpha value is -0.300. The molecule has 0 unspecified atom stereocenters. The highest BCUT2D eigenvalue weighted by molar-refractivity contribution is 6.29. The fourth-order valence-corrected chi connectivity index (χ4v) is 0.438. The van der Waals surface area contributed by atoms with Gasteiger partial charge in [-0.25, -0.2) is 0 Å². The summed E-state index contributed by atoms with van der Waals surface area (Å²) in [6, 6.07) is 0. The molecule has 0 radical (unpaired) electrons. The average Bonchev–Trinajstić information content (AvgIpc) is 1.65. The zero-order valence-corrected chi connectivity index (χ0v) is 5.83. The van der Waals surface area contributed by atoms with Crippen molar-refractivity contribution in [2.75, 3.05) is 5.88 Å². The number of carbonyl (C=O) groups is 1. The fraction of sp³-hybridized carbons (Fsp3) is 0.500. The lowest BCUT2D eigenvalue weighted by atomic mass is 10.3. The van der Waals surface area contributed by atoms with Crippen LogP contribution in [0.1, 0.15) is 13.8 Å². The van der Waals surface area contributed by atoms with Crippen LogP contribution >= 0.6 is 11.6 Å². The molecule has 0 rings (SSSR count). The Balaban J connectivity index is 3.70. The molecule has 0 aromatic carbocycles. The molecule has 1 nitrogen and oxygen atoms in total. The van der Waals surface area contributed by atoms with Crippen LogP contribution in [0, 0.1) is 0 Å². The van der Waals surface area contributed by atoms with Crippen molar-refractivity contribution >= 4 is 17.4 Å². The molecule has 0 spiro atoms. The lowest BCUT2D eigenvalue weighted by molar-refractivity contribution is -0.112. The van der Waals surface area contributed by atoms with Crippen molar-refractivity contribution in [2.45, 2.75) is 13.8 Å². The van der Waals surface area contributed by atoms with Crippen molar-refractivity contribution < 1.29 is 4.79 Å². The maximum Gasteiger partial charge on any atom is 0.170 e. The van der Waals surface area contributed by atoms with E-state index < -0.39 is 0 Å². The van der Waals surface area contributed by atoms with Gasteiger partial charge < -0.3 is 0 Å². The van der Waals surface area contributed by atoms with Gasteiger partial charge in [-0.15, -0.1) is 11.6 Å². The highest BCUT2D eigenvalue weighted by Gasteiger charge is 1.89. The van der Waals surface area contributed by atoms with Gasteiger partial charge in [0.05, 0.1) is 5.88 Å². The van der Waals surface area contributed by atoms with Crippen LogP contribution < -0.4 is 0 Å². The number of carbonyl (C=O) groups excluding carboxylic acids is 1. The smallest absolute Gasteiger partial charge is 0.170 e. The molecule has 0 heterocycles. The first kappa shape index (κ1) is 7.70. The third-order valence-corrected chi connectivity index (χ3v) is 0.845. The molecule has 0 saturated carbocycles. The first-order valence-electron chi connectivity index (χ1n) is 2.40. The quantitative estimate of drug-likeness (QED) is 0.413. The average molecular weight is 133 g/mol. The minimum Gasteiger partial charge on any atom is -0.294 e. The van der Waals surface area contributed by atoms with Crippen molar-refractivity contribution in [2.24, 2.45) is 0 Å². The van der Waals surface area contributed by atoms with Crippen LogP contribution in [-0.4, -0.2) is 11.7 Å². The van der Waals surface area contributed by atoms with Crippen LogP contribution in [0.2, 0.25) is 0 Å². The normalized spacial score (nSPS) is 8.38. The summed E-state index contributed by atoms with van der Waals surface area (Å²) in [5.74, 6) is 0.0669. The largest absolute Gasteiger partial charge is 0.294 e. The second-order valence-electron chi connectivity index (χ2n) is 1.82. The molecule has 0 amide bonds. The predicted molar refractivity (Wildman–Crippen MR) is 35.2 cm³/mol. The molecule has 0 atom stereocenters. The topological polar surface area (TPSA) is 17.1 Å². The molecule has 0 aliphatic carbocycles. The molecule has 8 heavy (non-hydrogen) atoms. The molecule has 0 aromatic heterocycles. The Bertz CT molecular complexity index is 112. The third kappa shape index (κ3) is 3.88. The van der Waals surface area contributed by atoms with Crippen LogP contribution in [0.3, 0.4) is 0 Å². The first-order chi connectivity index (χ1) is 3.66. The maximum absolute atomic E-state index is 10.4. The van der Waals surface area contributed by atoms with Crippen LogP contribution in [0.15, 0.2) is 11.6 Å². The highest BCUT2D eigenvalue weighted by Crippen LogP contribution is 1.89. The van der Waals surface area contributed by atoms with Gasteiger partial charge in [-0.1, -0.05) is 5.57 Å². The van der Waals surface area contributed by atoms with Gasteiger partial charge in [0.25, 0.3) is 0 Å². The van der Waals surface area contributed by atoms with E-state index in [4.69, 9.17) is 11.6 Å². The van der Waals surface area contributed by atoms with Crippen molar-refractivity contribution in [3.63, 3.8) is 0 Å². The van der Waals surface area contributed by atoms with Crippen LogP contribution in [0.25, 0.3) is 0 Å². The van der Waals surface area contributed by atoms with Gasteiger partial charge in [-0.2, -0.15) is 0 Å². The van der Waals surface area contributed by atoms with E-state index in [0.29, 0.717) is 0 Å². The summed E-state index contributed by atoms with van der Waals surface area (Å²) in [4.78, 5) is 10.4. The summed E-state index contributed by atoms with van der Waals surface area (Å²) in [6.45, 7) is 3.73. The molecule has 0 N–H and O–H groups in total. The number of alkyl halides is 1. The van der Waals surface area contributed by atoms with E-state index in [2.05, 4.69) is 0 Å². The lowest BCUT2D eigenvalue weighted by Gasteiger charge is -1.84. The van der Waals surface area contributed by atoms with Gasteiger partial charge in [0.2, 0.25) is 0 Å². The molecule has 0 bridgehead atoms. The Kier molecular flexibility index (Phi) is 3.53. The molecular weight excluding hydrogens is 124 g/mol. The molecule has 0 saturated heterocycles. The number of rotatable bonds is 2. The van der Waals surface area contributed by atoms with Gasteiger partial charge in [0.1, 0.15) is 0 Å². The van der Waals surface area contributed by atoms with Gasteiger partial charge >= 0.3 is 0 Å². The van der Waals surface area contributed by atoms with E-state index in [9.17, 15) is 4.79 Å². The first-order valence-corrected chi connectivity index (χ1v) is 2.94. The van der Waals surface area contributed by atoms with Crippen molar-refractivity contribution in [1.29, 1.82) is 0 Å². The standard InChI is InChI=1S/C6H9ClO/c1-5(2)3-6(8)4-7/h3H,4H2,1-2H3. The van der Waals surface area contributed by atoms with E-state index in [-0.39, 0.29) is 11.7 Å². The molecule has 2 heteroatoms. The summed E-state index contributed by atoms with van der Waals surface area (Å²) in [5.41, 5.74) is 0.996. The van der Waals surface area contributed by atoms with E-state index >= 15 is 0 Å². The fourth-order valence-electron chi connectivity index (χ4n) is 0.361. The Labute approximate surface area is 54.3 Å². The van der Waals surface area contributed by atoms with E-state index in [1.165, 1.54) is 6.08 Å². The predicted octanol–water partition coefficient (Wildman–Crippen LogP) is 1.76. The summed E-state index contributed by atoms with van der Waals surface area (Å²) in [7, 11) is 0. The van der Waals surface area contributed by atoms with E-state index in [0.717, 1.165) is 5.57 Å². The second-order valence-corrected chi connectivity index (χ2v) is 2.09. The second kappa shape index (κ2) is 3.67. The summed E-state index contributed by atoms with van der Waals surface area (Å²) < 4.78 is 0. The van der Waals surface area contributed by atoms with Crippen molar-refractivity contribution in [3.05, 3.63) is 11.6 Å². The maximum atomic E-state index is 10.4. The molecule has 0 aromatic rings. The highest BCUT2D eigenvalue weighted by atomic mass is 35.5. The number of hydrogen-bond acceptors (Lipinski definition) is 1. The molecule has 0 aliphatic rings. The molecule has 0 aliphatic heterocycles. The summed E-state index contributed by atoms with van der Waals surface area (Å²) in [6.07, 6.45) is 1.53. The third-order valence-electron chi connectivity index (χ3n) is 0.581. The number of ketones is 1.